The minimum atomic E-state index is -3.54. The van der Waals surface area contributed by atoms with Gasteiger partial charge in [-0.3, -0.25) is 9.78 Å². The number of pyridine rings is 1. The number of rotatable bonds is 5. The van der Waals surface area contributed by atoms with Crippen molar-refractivity contribution in [2.24, 2.45) is 5.92 Å². The maximum absolute atomic E-state index is 12.4. The molecule has 0 bridgehead atoms. The summed E-state index contributed by atoms with van der Waals surface area (Å²) < 4.78 is 26.9. The van der Waals surface area contributed by atoms with Crippen molar-refractivity contribution in [3.63, 3.8) is 0 Å². The molecule has 20 heavy (non-hydrogen) atoms. The van der Waals surface area contributed by atoms with Crippen LogP contribution in [0.4, 0.5) is 0 Å². The van der Waals surface area contributed by atoms with Crippen molar-refractivity contribution in [1.82, 2.24) is 9.29 Å². The van der Waals surface area contributed by atoms with Crippen LogP contribution in [-0.2, 0) is 14.8 Å². The van der Waals surface area contributed by atoms with E-state index in [0.717, 1.165) is 0 Å². The lowest BCUT2D eigenvalue weighted by Crippen LogP contribution is -2.29. The molecule has 6 nitrogen and oxygen atoms in total. The van der Waals surface area contributed by atoms with Crippen molar-refractivity contribution in [3.8, 4) is 0 Å². The molecule has 0 saturated carbocycles. The van der Waals surface area contributed by atoms with Crippen molar-refractivity contribution in [3.05, 3.63) is 22.9 Å². The van der Waals surface area contributed by atoms with Gasteiger partial charge < -0.3 is 5.11 Å². The Morgan fingerprint density at radius 1 is 1.50 bits per heavy atom. The number of hydrogen-bond acceptors (Lipinski definition) is 4. The van der Waals surface area contributed by atoms with Crippen LogP contribution in [0.25, 0.3) is 0 Å². The summed E-state index contributed by atoms with van der Waals surface area (Å²) in [6, 6.07) is 1.52. The van der Waals surface area contributed by atoms with Crippen molar-refractivity contribution in [2.45, 2.75) is 24.2 Å². The maximum Gasteiger partial charge on any atom is 0.303 e. The molecular formula is C12H15BrN2O4S. The number of carboxylic acids is 1. The van der Waals surface area contributed by atoms with Gasteiger partial charge >= 0.3 is 5.97 Å². The largest absolute Gasteiger partial charge is 0.481 e. The van der Waals surface area contributed by atoms with E-state index in [1.807, 2.05) is 0 Å². The maximum atomic E-state index is 12.4. The third-order valence-corrected chi connectivity index (χ3v) is 5.60. The van der Waals surface area contributed by atoms with Crippen LogP contribution < -0.4 is 0 Å². The van der Waals surface area contributed by atoms with Crippen molar-refractivity contribution in [2.75, 3.05) is 13.1 Å². The fraction of sp³-hybridized carbons (Fsp3) is 0.500. The molecule has 0 radical (unpaired) electrons. The Labute approximate surface area is 126 Å². The van der Waals surface area contributed by atoms with E-state index in [1.165, 1.54) is 22.8 Å². The van der Waals surface area contributed by atoms with E-state index in [1.54, 1.807) is 0 Å². The zero-order chi connectivity index (χ0) is 14.8. The second-order valence-electron chi connectivity index (χ2n) is 4.79. The Kier molecular flexibility index (Phi) is 4.77. The summed E-state index contributed by atoms with van der Waals surface area (Å²) in [5, 5.41) is 8.66. The molecule has 8 heteroatoms. The minimum absolute atomic E-state index is 0.0804. The number of carbonyl (C=O) groups is 1. The third-order valence-electron chi connectivity index (χ3n) is 3.33. The van der Waals surface area contributed by atoms with E-state index in [4.69, 9.17) is 5.11 Å². The van der Waals surface area contributed by atoms with E-state index >= 15 is 0 Å². The number of nitrogens with zero attached hydrogens (tertiary/aromatic N) is 2. The van der Waals surface area contributed by atoms with Gasteiger partial charge in [0.15, 0.2) is 0 Å². The number of sulfonamides is 1. The average molecular weight is 363 g/mol. The average Bonchev–Trinajstić information content (AvgIpc) is 2.86. The van der Waals surface area contributed by atoms with Gasteiger partial charge in [-0.1, -0.05) is 0 Å². The van der Waals surface area contributed by atoms with Gasteiger partial charge in [-0.05, 0) is 40.8 Å². The number of hydrogen-bond donors (Lipinski definition) is 1. The highest BCUT2D eigenvalue weighted by Crippen LogP contribution is 2.27. The molecule has 0 aromatic carbocycles. The minimum Gasteiger partial charge on any atom is -0.481 e. The molecule has 1 aromatic rings. The van der Waals surface area contributed by atoms with E-state index in [9.17, 15) is 13.2 Å². The summed E-state index contributed by atoms with van der Waals surface area (Å²) in [6.07, 6.45) is 4.15. The van der Waals surface area contributed by atoms with Gasteiger partial charge in [-0.25, -0.2) is 8.42 Å². The fourth-order valence-electron chi connectivity index (χ4n) is 2.26. The van der Waals surface area contributed by atoms with Crippen molar-refractivity contribution >= 4 is 31.9 Å². The fourth-order valence-corrected chi connectivity index (χ4v) is 4.30. The molecule has 1 aliphatic rings. The lowest BCUT2D eigenvalue weighted by atomic mass is 10.0. The Morgan fingerprint density at radius 2 is 2.25 bits per heavy atom. The smallest absolute Gasteiger partial charge is 0.303 e. The van der Waals surface area contributed by atoms with Crippen LogP contribution in [0, 0.1) is 5.92 Å². The Bertz CT molecular complexity index is 605. The summed E-state index contributed by atoms with van der Waals surface area (Å²) >= 11 is 3.21. The zero-order valence-electron chi connectivity index (χ0n) is 10.7. The Balaban J connectivity index is 2.07. The van der Waals surface area contributed by atoms with E-state index in [-0.39, 0.29) is 17.2 Å². The van der Waals surface area contributed by atoms with Crippen LogP contribution in [0.15, 0.2) is 27.8 Å². The van der Waals surface area contributed by atoms with E-state index in [0.29, 0.717) is 30.4 Å². The third kappa shape index (κ3) is 3.56. The molecule has 2 rings (SSSR count). The number of aliphatic carboxylic acids is 1. The number of carboxylic acid groups (broad SMARTS) is 1. The highest BCUT2D eigenvalue weighted by atomic mass is 79.9. The van der Waals surface area contributed by atoms with Crippen molar-refractivity contribution in [1.29, 1.82) is 0 Å². The molecule has 1 aromatic heterocycles. The van der Waals surface area contributed by atoms with Gasteiger partial charge in [-0.15, -0.1) is 0 Å². The molecule has 1 N–H and O–H groups in total. The first-order chi connectivity index (χ1) is 9.39. The molecule has 0 amide bonds. The zero-order valence-corrected chi connectivity index (χ0v) is 13.1. The van der Waals surface area contributed by atoms with Crippen LogP contribution in [-0.4, -0.2) is 41.9 Å². The molecule has 1 aliphatic heterocycles. The van der Waals surface area contributed by atoms with Crippen LogP contribution in [0.3, 0.4) is 0 Å². The molecule has 0 spiro atoms. The highest BCUT2D eigenvalue weighted by Gasteiger charge is 2.32. The summed E-state index contributed by atoms with van der Waals surface area (Å²) in [4.78, 5) is 14.6. The predicted molar refractivity (Wildman–Crippen MR) is 75.7 cm³/mol. The van der Waals surface area contributed by atoms with Crippen LogP contribution in [0.5, 0.6) is 0 Å². The Morgan fingerprint density at radius 3 is 2.90 bits per heavy atom. The van der Waals surface area contributed by atoms with E-state index in [2.05, 4.69) is 20.9 Å². The van der Waals surface area contributed by atoms with Crippen molar-refractivity contribution < 1.29 is 18.3 Å². The van der Waals surface area contributed by atoms with Crippen LogP contribution in [0.2, 0.25) is 0 Å². The standard InChI is InChI=1S/C12H15BrN2O4S/c13-10-5-11(7-14-6-10)20(18,19)15-4-3-9(8-15)1-2-12(16)17/h5-7,9H,1-4,8H2,(H,16,17). The summed E-state index contributed by atoms with van der Waals surface area (Å²) in [5.41, 5.74) is 0. The van der Waals surface area contributed by atoms with Gasteiger partial charge in [0.2, 0.25) is 10.0 Å². The van der Waals surface area contributed by atoms with E-state index < -0.39 is 16.0 Å². The van der Waals surface area contributed by atoms with Crippen LogP contribution >= 0.6 is 15.9 Å². The van der Waals surface area contributed by atoms with Gasteiger partial charge in [-0.2, -0.15) is 4.31 Å². The quantitative estimate of drug-likeness (QED) is 0.861. The molecule has 1 atom stereocenters. The van der Waals surface area contributed by atoms with Gasteiger partial charge in [0.05, 0.1) is 0 Å². The topological polar surface area (TPSA) is 87.6 Å². The number of halogens is 1. The predicted octanol–water partition coefficient (Wildman–Crippen LogP) is 1.72. The molecule has 1 saturated heterocycles. The monoisotopic (exact) mass is 362 g/mol. The molecular weight excluding hydrogens is 348 g/mol. The highest BCUT2D eigenvalue weighted by molar-refractivity contribution is 9.10. The first kappa shape index (κ1) is 15.4. The summed E-state index contributed by atoms with van der Waals surface area (Å²) in [7, 11) is -3.54. The van der Waals surface area contributed by atoms with Crippen LogP contribution in [0.1, 0.15) is 19.3 Å². The second kappa shape index (κ2) is 6.19. The first-order valence-electron chi connectivity index (χ1n) is 6.22. The number of aromatic nitrogens is 1. The summed E-state index contributed by atoms with van der Waals surface area (Å²) in [6.45, 7) is 0.807. The van der Waals surface area contributed by atoms with Gasteiger partial charge in [0, 0.05) is 36.4 Å². The SMILES string of the molecule is O=C(O)CCC1CCN(S(=O)(=O)c2cncc(Br)c2)C1. The molecule has 0 aliphatic carbocycles. The molecule has 1 unspecified atom stereocenters. The van der Waals surface area contributed by atoms with Gasteiger partial charge in [0.25, 0.3) is 0 Å². The molecule has 2 heterocycles. The lowest BCUT2D eigenvalue weighted by molar-refractivity contribution is -0.137. The normalized spacial score (nSPS) is 20.1. The second-order valence-corrected chi connectivity index (χ2v) is 7.64. The lowest BCUT2D eigenvalue weighted by Gasteiger charge is -2.16. The first-order valence-corrected chi connectivity index (χ1v) is 8.45. The molecule has 110 valence electrons. The Hall–Kier alpha value is -0.990. The molecule has 1 fully saturated rings. The summed E-state index contributed by atoms with van der Waals surface area (Å²) in [5.74, 6) is -0.733. The van der Waals surface area contributed by atoms with Gasteiger partial charge in [0.1, 0.15) is 4.90 Å².